The number of hydrogen-bond donors (Lipinski definition) is 1. The largest absolute Gasteiger partial charge is 0.496 e. The van der Waals surface area contributed by atoms with Gasteiger partial charge in [0.15, 0.2) is 0 Å². The van der Waals surface area contributed by atoms with Crippen LogP contribution in [0.15, 0.2) is 53.4 Å². The SMILES string of the molecule is CCN(C(C)c1ccccc1)S(=O)(=O)c1ccc(OC)c(C(=O)O)c1. The average Bonchev–Trinajstić information content (AvgIpc) is 2.62. The number of aromatic carboxylic acids is 1. The molecule has 0 saturated heterocycles. The summed E-state index contributed by atoms with van der Waals surface area (Å²) in [5.41, 5.74) is 0.673. The molecule has 25 heavy (non-hydrogen) atoms. The van der Waals surface area contributed by atoms with Crippen molar-refractivity contribution in [3.8, 4) is 5.75 Å². The van der Waals surface area contributed by atoms with Crippen molar-refractivity contribution in [1.29, 1.82) is 0 Å². The van der Waals surface area contributed by atoms with Crippen molar-refractivity contribution in [2.45, 2.75) is 24.8 Å². The maximum absolute atomic E-state index is 13.0. The van der Waals surface area contributed by atoms with Gasteiger partial charge in [-0.3, -0.25) is 0 Å². The molecule has 6 nitrogen and oxygen atoms in total. The molecule has 0 aliphatic heterocycles. The molecule has 134 valence electrons. The number of carboxylic acid groups (broad SMARTS) is 1. The lowest BCUT2D eigenvalue weighted by molar-refractivity contribution is 0.0693. The highest BCUT2D eigenvalue weighted by molar-refractivity contribution is 7.89. The van der Waals surface area contributed by atoms with Crippen LogP contribution in [0, 0.1) is 0 Å². The molecule has 1 atom stereocenters. The van der Waals surface area contributed by atoms with Gasteiger partial charge >= 0.3 is 5.97 Å². The molecule has 0 amide bonds. The standard InChI is InChI=1S/C18H21NO5S/c1-4-19(13(2)14-8-6-5-7-9-14)25(22,23)15-10-11-17(24-3)16(12-15)18(20)21/h5-13H,4H2,1-3H3,(H,20,21). The van der Waals surface area contributed by atoms with Crippen LogP contribution < -0.4 is 4.74 Å². The number of benzene rings is 2. The van der Waals surface area contributed by atoms with Crippen LogP contribution in [0.3, 0.4) is 0 Å². The topological polar surface area (TPSA) is 83.9 Å². The number of nitrogens with zero attached hydrogens (tertiary/aromatic N) is 1. The van der Waals surface area contributed by atoms with Gasteiger partial charge in [-0.2, -0.15) is 4.31 Å². The Morgan fingerprint density at radius 2 is 1.84 bits per heavy atom. The van der Waals surface area contributed by atoms with Gasteiger partial charge in [0, 0.05) is 12.6 Å². The fourth-order valence-corrected chi connectivity index (χ4v) is 4.36. The van der Waals surface area contributed by atoms with Crippen LogP contribution in [-0.2, 0) is 10.0 Å². The van der Waals surface area contributed by atoms with Crippen molar-refractivity contribution in [1.82, 2.24) is 4.31 Å². The monoisotopic (exact) mass is 363 g/mol. The first-order valence-electron chi connectivity index (χ1n) is 7.81. The molecule has 0 aliphatic rings. The van der Waals surface area contributed by atoms with Crippen LogP contribution in [-0.4, -0.2) is 37.5 Å². The van der Waals surface area contributed by atoms with Crippen LogP contribution in [0.4, 0.5) is 0 Å². The molecule has 0 heterocycles. The molecule has 0 saturated carbocycles. The van der Waals surface area contributed by atoms with Crippen LogP contribution >= 0.6 is 0 Å². The van der Waals surface area contributed by atoms with Crippen molar-refractivity contribution >= 4 is 16.0 Å². The second-order valence-corrected chi connectivity index (χ2v) is 7.35. The van der Waals surface area contributed by atoms with Crippen LogP contribution in [0.25, 0.3) is 0 Å². The molecule has 0 aromatic heterocycles. The summed E-state index contributed by atoms with van der Waals surface area (Å²) >= 11 is 0. The number of carbonyl (C=O) groups is 1. The molecule has 0 radical (unpaired) electrons. The van der Waals surface area contributed by atoms with Crippen LogP contribution in [0.1, 0.15) is 35.8 Å². The zero-order valence-electron chi connectivity index (χ0n) is 14.3. The summed E-state index contributed by atoms with van der Waals surface area (Å²) in [6.45, 7) is 3.81. The Bertz CT molecular complexity index is 849. The second-order valence-electron chi connectivity index (χ2n) is 5.46. The number of rotatable bonds is 7. The highest BCUT2D eigenvalue weighted by Gasteiger charge is 2.29. The Hall–Kier alpha value is -2.38. The maximum atomic E-state index is 13.0. The molecule has 0 aliphatic carbocycles. The highest BCUT2D eigenvalue weighted by atomic mass is 32.2. The van der Waals surface area contributed by atoms with E-state index in [1.807, 2.05) is 30.3 Å². The van der Waals surface area contributed by atoms with E-state index in [0.717, 1.165) is 11.6 Å². The molecule has 2 rings (SSSR count). The summed E-state index contributed by atoms with van der Waals surface area (Å²) in [6.07, 6.45) is 0. The Morgan fingerprint density at radius 1 is 1.20 bits per heavy atom. The minimum Gasteiger partial charge on any atom is -0.496 e. The van der Waals surface area contributed by atoms with E-state index >= 15 is 0 Å². The van der Waals surface area contributed by atoms with Gasteiger partial charge in [-0.05, 0) is 30.7 Å². The van der Waals surface area contributed by atoms with E-state index in [0.29, 0.717) is 0 Å². The molecule has 2 aromatic carbocycles. The zero-order chi connectivity index (χ0) is 18.6. The van der Waals surface area contributed by atoms with Gasteiger partial charge in [0.05, 0.1) is 12.0 Å². The molecule has 1 N–H and O–H groups in total. The van der Waals surface area contributed by atoms with E-state index in [1.54, 1.807) is 13.8 Å². The van der Waals surface area contributed by atoms with Gasteiger partial charge in [0.25, 0.3) is 0 Å². The Kier molecular flexibility index (Phi) is 5.81. The Balaban J connectivity index is 2.49. The van der Waals surface area contributed by atoms with Crippen LogP contribution in [0.2, 0.25) is 0 Å². The first kappa shape index (κ1) is 19.0. The minimum absolute atomic E-state index is 0.0738. The first-order valence-corrected chi connectivity index (χ1v) is 9.25. The number of methoxy groups -OCH3 is 1. The Morgan fingerprint density at radius 3 is 2.36 bits per heavy atom. The van der Waals surface area contributed by atoms with E-state index in [1.165, 1.54) is 23.5 Å². The third kappa shape index (κ3) is 3.83. The second kappa shape index (κ2) is 7.67. The van der Waals surface area contributed by atoms with Gasteiger partial charge in [0.2, 0.25) is 10.0 Å². The van der Waals surface area contributed by atoms with Gasteiger partial charge < -0.3 is 9.84 Å². The van der Waals surface area contributed by atoms with E-state index in [9.17, 15) is 18.3 Å². The van der Waals surface area contributed by atoms with Gasteiger partial charge in [-0.1, -0.05) is 37.3 Å². The summed E-state index contributed by atoms with van der Waals surface area (Å²) in [7, 11) is -2.53. The van der Waals surface area contributed by atoms with Crippen molar-refractivity contribution in [2.24, 2.45) is 0 Å². The lowest BCUT2D eigenvalue weighted by atomic mass is 10.1. The summed E-state index contributed by atoms with van der Waals surface area (Å²) in [6, 6.07) is 12.8. The first-order chi connectivity index (χ1) is 11.8. The number of sulfonamides is 1. The Labute approximate surface area is 147 Å². The molecule has 2 aromatic rings. The van der Waals surface area contributed by atoms with Crippen LogP contribution in [0.5, 0.6) is 5.75 Å². The van der Waals surface area contributed by atoms with E-state index in [2.05, 4.69) is 0 Å². The molecule has 1 unspecified atom stereocenters. The van der Waals surface area contributed by atoms with Crippen molar-refractivity contribution in [3.63, 3.8) is 0 Å². The van der Waals surface area contributed by atoms with E-state index in [-0.39, 0.29) is 28.8 Å². The smallest absolute Gasteiger partial charge is 0.339 e. The summed E-state index contributed by atoms with van der Waals surface area (Å²) in [5.74, 6) is -1.13. The minimum atomic E-state index is -3.87. The fraction of sp³-hybridized carbons (Fsp3) is 0.278. The quantitative estimate of drug-likeness (QED) is 0.817. The lowest BCUT2D eigenvalue weighted by Gasteiger charge is -2.27. The summed E-state index contributed by atoms with van der Waals surface area (Å²) < 4.78 is 32.4. The fourth-order valence-electron chi connectivity index (χ4n) is 2.70. The van der Waals surface area contributed by atoms with Gasteiger partial charge in [-0.25, -0.2) is 13.2 Å². The molecule has 0 bridgehead atoms. The number of carboxylic acids is 1. The number of hydrogen-bond acceptors (Lipinski definition) is 4. The lowest BCUT2D eigenvalue weighted by Crippen LogP contribution is -2.33. The normalized spacial score (nSPS) is 12.8. The summed E-state index contributed by atoms with van der Waals surface area (Å²) in [4.78, 5) is 11.3. The maximum Gasteiger partial charge on any atom is 0.339 e. The third-order valence-corrected chi connectivity index (χ3v) is 6.08. The summed E-state index contributed by atoms with van der Waals surface area (Å²) in [5, 5.41) is 9.28. The highest BCUT2D eigenvalue weighted by Crippen LogP contribution is 2.29. The number of ether oxygens (including phenoxy) is 1. The molecular formula is C18H21NO5S. The zero-order valence-corrected chi connectivity index (χ0v) is 15.2. The van der Waals surface area contributed by atoms with Crippen molar-refractivity contribution in [2.75, 3.05) is 13.7 Å². The van der Waals surface area contributed by atoms with Gasteiger partial charge in [-0.15, -0.1) is 0 Å². The predicted molar refractivity (Wildman–Crippen MR) is 94.4 cm³/mol. The molecule has 0 fully saturated rings. The molecule has 0 spiro atoms. The van der Waals surface area contributed by atoms with Gasteiger partial charge in [0.1, 0.15) is 11.3 Å². The average molecular weight is 363 g/mol. The third-order valence-electron chi connectivity index (χ3n) is 4.03. The van der Waals surface area contributed by atoms with Crippen molar-refractivity contribution in [3.05, 3.63) is 59.7 Å². The van der Waals surface area contributed by atoms with Crippen molar-refractivity contribution < 1.29 is 23.1 Å². The predicted octanol–water partition coefficient (Wildman–Crippen LogP) is 3.17. The van der Waals surface area contributed by atoms with E-state index < -0.39 is 16.0 Å². The van der Waals surface area contributed by atoms with E-state index in [4.69, 9.17) is 4.74 Å². The molecule has 7 heteroatoms. The molecular weight excluding hydrogens is 342 g/mol.